The highest BCUT2D eigenvalue weighted by atomic mass is 16.8. The SMILES string of the molecule is CC1(C)CCC2(C(=O)O)CCC3(C)C(=CCC4C5(C)CCC(OC6OC(CO)C(OC7OCC(O)C(O)C7OC7OCC(O)C(O)C7O)C(O)C6O)C(C)(C)C5CCC43C)C2C1. The molecule has 21 atom stereocenters. The Bertz CT molecular complexity index is 1690. The molecule has 0 spiro atoms. The van der Waals surface area contributed by atoms with Gasteiger partial charge in [-0.25, -0.2) is 0 Å². The monoisotopic (exact) mass is 882 g/mol. The minimum Gasteiger partial charge on any atom is -0.481 e. The number of aliphatic hydroxyl groups excluding tert-OH is 8. The van der Waals surface area contributed by atoms with Crippen LogP contribution in [-0.2, 0) is 33.2 Å². The van der Waals surface area contributed by atoms with Gasteiger partial charge in [0.25, 0.3) is 0 Å². The van der Waals surface area contributed by atoms with Crippen molar-refractivity contribution in [2.24, 2.45) is 50.2 Å². The summed E-state index contributed by atoms with van der Waals surface area (Å²) in [6.45, 7) is 15.0. The molecule has 0 aromatic rings. The molecule has 0 aromatic heterocycles. The van der Waals surface area contributed by atoms with Crippen molar-refractivity contribution >= 4 is 5.97 Å². The van der Waals surface area contributed by atoms with E-state index in [9.17, 15) is 50.8 Å². The highest BCUT2D eigenvalue weighted by molar-refractivity contribution is 5.76. The van der Waals surface area contributed by atoms with E-state index in [0.717, 1.165) is 51.4 Å². The van der Waals surface area contributed by atoms with E-state index in [1.54, 1.807) is 0 Å². The first-order valence-electron chi connectivity index (χ1n) is 23.1. The predicted molar refractivity (Wildman–Crippen MR) is 219 cm³/mol. The van der Waals surface area contributed by atoms with E-state index < -0.39 is 105 Å². The highest BCUT2D eigenvalue weighted by Gasteiger charge is 2.70. The van der Waals surface area contributed by atoms with Crippen LogP contribution in [0.2, 0.25) is 0 Å². The minimum atomic E-state index is -1.72. The Labute approximate surface area is 364 Å². The molecule has 3 heterocycles. The summed E-state index contributed by atoms with van der Waals surface area (Å²) in [4.78, 5) is 13.1. The number of aliphatic carboxylic acids is 1. The van der Waals surface area contributed by atoms with Crippen molar-refractivity contribution in [1.82, 2.24) is 0 Å². The Morgan fingerprint density at radius 3 is 2.00 bits per heavy atom. The molecule has 9 N–H and O–H groups in total. The molecule has 8 rings (SSSR count). The average molecular weight is 883 g/mol. The number of allylic oxidation sites excluding steroid dienone is 2. The van der Waals surface area contributed by atoms with Crippen molar-refractivity contribution in [2.45, 2.75) is 199 Å². The first kappa shape index (κ1) is 47.2. The molecule has 16 heteroatoms. The lowest BCUT2D eigenvalue weighted by Gasteiger charge is -2.71. The van der Waals surface area contributed by atoms with Gasteiger partial charge in [-0.2, -0.15) is 0 Å². The van der Waals surface area contributed by atoms with Crippen molar-refractivity contribution in [3.8, 4) is 0 Å². The van der Waals surface area contributed by atoms with Gasteiger partial charge >= 0.3 is 5.97 Å². The number of carboxylic acids is 1. The van der Waals surface area contributed by atoms with Crippen molar-refractivity contribution in [3.05, 3.63) is 11.6 Å². The summed E-state index contributed by atoms with van der Waals surface area (Å²) in [5.41, 5.74) is 0.204. The number of rotatable bonds is 8. The summed E-state index contributed by atoms with van der Waals surface area (Å²) in [5.74, 6) is 0.0164. The second-order valence-electron chi connectivity index (χ2n) is 22.6. The average Bonchev–Trinajstić information content (AvgIpc) is 3.21. The molecule has 0 amide bonds. The van der Waals surface area contributed by atoms with Crippen molar-refractivity contribution in [2.75, 3.05) is 19.8 Å². The van der Waals surface area contributed by atoms with E-state index >= 15 is 0 Å². The van der Waals surface area contributed by atoms with Crippen molar-refractivity contribution in [3.63, 3.8) is 0 Å². The maximum Gasteiger partial charge on any atom is 0.310 e. The lowest BCUT2D eigenvalue weighted by molar-refractivity contribution is -0.377. The minimum absolute atomic E-state index is 0.0261. The summed E-state index contributed by atoms with van der Waals surface area (Å²) in [7, 11) is 0. The van der Waals surface area contributed by atoms with Gasteiger partial charge in [-0.3, -0.25) is 4.79 Å². The molecule has 3 aliphatic heterocycles. The Kier molecular flexibility index (Phi) is 12.5. The molecular weight excluding hydrogens is 808 g/mol. The second-order valence-corrected chi connectivity index (χ2v) is 22.6. The number of aliphatic hydroxyl groups is 8. The molecular formula is C46H74O16. The molecule has 21 unspecified atom stereocenters. The summed E-state index contributed by atoms with van der Waals surface area (Å²) < 4.78 is 35.6. The molecule has 354 valence electrons. The van der Waals surface area contributed by atoms with E-state index in [-0.39, 0.29) is 51.6 Å². The van der Waals surface area contributed by atoms with Crippen LogP contribution in [0, 0.1) is 50.2 Å². The van der Waals surface area contributed by atoms with Crippen LogP contribution in [0.4, 0.5) is 0 Å². The van der Waals surface area contributed by atoms with E-state index in [4.69, 9.17) is 28.4 Å². The van der Waals surface area contributed by atoms with Gasteiger partial charge in [0.1, 0.15) is 61.0 Å². The molecule has 5 aliphatic carbocycles. The zero-order chi connectivity index (χ0) is 45.1. The molecule has 62 heavy (non-hydrogen) atoms. The fourth-order valence-corrected chi connectivity index (χ4v) is 14.6. The van der Waals surface area contributed by atoms with Crippen LogP contribution < -0.4 is 0 Å². The fourth-order valence-electron chi connectivity index (χ4n) is 14.6. The molecule has 0 radical (unpaired) electrons. The zero-order valence-electron chi connectivity index (χ0n) is 37.5. The Hall–Kier alpha value is -1.35. The van der Waals surface area contributed by atoms with Gasteiger partial charge in [0.2, 0.25) is 0 Å². The lowest BCUT2D eigenvalue weighted by Crippen LogP contribution is -2.66. The number of hydrogen-bond donors (Lipinski definition) is 9. The third-order valence-corrected chi connectivity index (χ3v) is 18.6. The zero-order valence-corrected chi connectivity index (χ0v) is 37.5. The van der Waals surface area contributed by atoms with Crippen LogP contribution in [0.15, 0.2) is 11.6 Å². The van der Waals surface area contributed by atoms with Crippen molar-refractivity contribution in [1.29, 1.82) is 0 Å². The van der Waals surface area contributed by atoms with Gasteiger partial charge in [0, 0.05) is 0 Å². The first-order chi connectivity index (χ1) is 29.0. The van der Waals surface area contributed by atoms with Crippen LogP contribution in [0.3, 0.4) is 0 Å². The smallest absolute Gasteiger partial charge is 0.310 e. The van der Waals surface area contributed by atoms with Gasteiger partial charge in [-0.15, -0.1) is 0 Å². The number of fused-ring (bicyclic) bond motifs is 7. The van der Waals surface area contributed by atoms with E-state index in [2.05, 4.69) is 54.5 Å². The molecule has 0 bridgehead atoms. The Morgan fingerprint density at radius 2 is 1.32 bits per heavy atom. The number of carbonyl (C=O) groups is 1. The van der Waals surface area contributed by atoms with E-state index in [0.29, 0.717) is 18.8 Å². The van der Waals surface area contributed by atoms with Crippen LogP contribution in [-0.4, -0.2) is 158 Å². The maximum absolute atomic E-state index is 13.1. The van der Waals surface area contributed by atoms with Crippen LogP contribution in [0.5, 0.6) is 0 Å². The summed E-state index contributed by atoms with van der Waals surface area (Å²) >= 11 is 0. The largest absolute Gasteiger partial charge is 0.481 e. The Balaban J connectivity index is 0.970. The lowest BCUT2D eigenvalue weighted by atomic mass is 9.33. The third kappa shape index (κ3) is 7.28. The maximum atomic E-state index is 13.1. The van der Waals surface area contributed by atoms with Crippen LogP contribution in [0.25, 0.3) is 0 Å². The molecule has 7 fully saturated rings. The van der Waals surface area contributed by atoms with Gasteiger partial charge in [0.05, 0.1) is 31.3 Å². The summed E-state index contributed by atoms with van der Waals surface area (Å²) in [5, 5.41) is 96.2. The third-order valence-electron chi connectivity index (χ3n) is 18.6. The van der Waals surface area contributed by atoms with Gasteiger partial charge in [-0.1, -0.05) is 60.1 Å². The first-order valence-corrected chi connectivity index (χ1v) is 23.1. The summed E-state index contributed by atoms with van der Waals surface area (Å²) in [6.07, 6.45) is -9.09. The van der Waals surface area contributed by atoms with Gasteiger partial charge in [0.15, 0.2) is 18.9 Å². The molecule has 3 saturated heterocycles. The molecule has 8 aliphatic rings. The predicted octanol–water partition coefficient (Wildman–Crippen LogP) is 1.98. The molecule has 16 nitrogen and oxygen atoms in total. The molecule has 0 aromatic carbocycles. The van der Waals surface area contributed by atoms with Crippen molar-refractivity contribution < 1.29 is 79.2 Å². The second kappa shape index (κ2) is 16.5. The fraction of sp³-hybridized carbons (Fsp3) is 0.935. The summed E-state index contributed by atoms with van der Waals surface area (Å²) in [6, 6.07) is 0. The van der Waals surface area contributed by atoms with E-state index in [1.807, 2.05) is 0 Å². The normalized spacial score (nSPS) is 53.6. The molecule has 4 saturated carbocycles. The van der Waals surface area contributed by atoms with Gasteiger partial charge < -0.3 is 74.4 Å². The quantitative estimate of drug-likeness (QED) is 0.125. The topological polar surface area (TPSA) is 255 Å². The highest BCUT2D eigenvalue weighted by Crippen LogP contribution is 2.76. The standard InChI is InChI=1S/C46H74O16/c1-41(2)14-16-46(40(55)56)17-15-44(6)22(23(46)18-41)8-9-28-43(5)12-11-29(42(3,4)27(43)10-13-45(28,44)7)60-38-34(54)32(52)35(26(19-47)59-38)61-39-36(31(51)25(49)21-58-39)62-37-33(53)30(50)24(48)20-57-37/h8,23-39,47-54H,9-21H2,1-7H3,(H,55,56). The van der Waals surface area contributed by atoms with E-state index in [1.165, 1.54) is 5.57 Å². The van der Waals surface area contributed by atoms with Crippen LogP contribution >= 0.6 is 0 Å². The Morgan fingerprint density at radius 1 is 0.694 bits per heavy atom. The number of hydrogen-bond acceptors (Lipinski definition) is 15. The van der Waals surface area contributed by atoms with Gasteiger partial charge in [-0.05, 0) is 109 Å². The van der Waals surface area contributed by atoms with Crippen LogP contribution in [0.1, 0.15) is 113 Å². The number of ether oxygens (including phenoxy) is 6. The number of carboxylic acid groups (broad SMARTS) is 1.